The van der Waals surface area contributed by atoms with Crippen molar-refractivity contribution in [1.82, 2.24) is 20.4 Å². The van der Waals surface area contributed by atoms with Crippen LogP contribution in [0.15, 0.2) is 28.7 Å². The predicted octanol–water partition coefficient (Wildman–Crippen LogP) is 2.61. The van der Waals surface area contributed by atoms with E-state index < -0.39 is 6.04 Å². The van der Waals surface area contributed by atoms with Gasteiger partial charge in [-0.05, 0) is 43.6 Å². The largest absolute Gasteiger partial charge is 0.423 e. The van der Waals surface area contributed by atoms with E-state index in [0.717, 1.165) is 31.5 Å². The summed E-state index contributed by atoms with van der Waals surface area (Å²) in [5, 5.41) is 10.7. The normalized spacial score (nSPS) is 16.6. The number of hydrogen-bond acceptors (Lipinski definition) is 5. The fraction of sp³-hybridized carbons (Fsp3) is 0.500. The minimum absolute atomic E-state index is 0.134. The third-order valence-electron chi connectivity index (χ3n) is 4.41. The van der Waals surface area contributed by atoms with Crippen LogP contribution in [0.1, 0.15) is 49.6 Å². The average molecular weight is 346 g/mol. The maximum atomic E-state index is 13.3. The van der Waals surface area contributed by atoms with Gasteiger partial charge in [-0.3, -0.25) is 9.69 Å². The van der Waals surface area contributed by atoms with Gasteiger partial charge in [-0.1, -0.05) is 25.5 Å². The minimum atomic E-state index is -0.436. The van der Waals surface area contributed by atoms with Crippen LogP contribution < -0.4 is 5.32 Å². The number of nitrogens with one attached hydrogen (secondary N) is 1. The predicted molar refractivity (Wildman–Crippen MR) is 90.1 cm³/mol. The second kappa shape index (κ2) is 8.20. The number of likely N-dealkylation sites (tertiary alicyclic amines) is 1. The summed E-state index contributed by atoms with van der Waals surface area (Å²) in [6.45, 7) is 3.83. The highest BCUT2D eigenvalue weighted by atomic mass is 19.1. The summed E-state index contributed by atoms with van der Waals surface area (Å²) in [6, 6.07) is 5.71. The number of halogens is 1. The van der Waals surface area contributed by atoms with E-state index in [0.29, 0.717) is 18.2 Å². The number of hydrogen-bond donors (Lipinski definition) is 1. The Labute approximate surface area is 146 Å². The molecule has 25 heavy (non-hydrogen) atoms. The lowest BCUT2D eigenvalue weighted by atomic mass is 10.0. The molecule has 0 radical (unpaired) electrons. The quantitative estimate of drug-likeness (QED) is 0.870. The zero-order valence-corrected chi connectivity index (χ0v) is 14.4. The molecule has 2 aromatic rings. The Morgan fingerprint density at radius 1 is 1.20 bits per heavy atom. The first-order valence-electron chi connectivity index (χ1n) is 8.76. The summed E-state index contributed by atoms with van der Waals surface area (Å²) >= 11 is 0. The van der Waals surface area contributed by atoms with Crippen molar-refractivity contribution >= 4 is 5.91 Å². The van der Waals surface area contributed by atoms with Gasteiger partial charge in [0.25, 0.3) is 0 Å². The number of benzene rings is 1. The van der Waals surface area contributed by atoms with E-state index in [4.69, 9.17) is 4.42 Å². The molecular formula is C18H23FN4O2. The summed E-state index contributed by atoms with van der Waals surface area (Å²) < 4.78 is 18.7. The Hall–Kier alpha value is -2.28. The second-order valence-corrected chi connectivity index (χ2v) is 6.21. The summed E-state index contributed by atoms with van der Waals surface area (Å²) in [5.41, 5.74) is 0.792. The minimum Gasteiger partial charge on any atom is -0.423 e. The van der Waals surface area contributed by atoms with E-state index in [1.54, 1.807) is 12.1 Å². The molecule has 1 aliphatic heterocycles. The molecule has 1 N–H and O–H groups in total. The third kappa shape index (κ3) is 4.42. The molecule has 1 unspecified atom stereocenters. The lowest BCUT2D eigenvalue weighted by Gasteiger charge is -2.33. The van der Waals surface area contributed by atoms with Gasteiger partial charge in [0.05, 0.1) is 6.54 Å². The van der Waals surface area contributed by atoms with Crippen molar-refractivity contribution in [3.8, 4) is 0 Å². The molecular weight excluding hydrogens is 323 g/mol. The first kappa shape index (κ1) is 17.5. The topological polar surface area (TPSA) is 71.3 Å². The van der Waals surface area contributed by atoms with Gasteiger partial charge in [0.1, 0.15) is 11.9 Å². The molecule has 0 aliphatic carbocycles. The summed E-state index contributed by atoms with van der Waals surface area (Å²) in [5.74, 6) is 0.501. The molecule has 1 atom stereocenters. The van der Waals surface area contributed by atoms with Crippen molar-refractivity contribution in [3.05, 3.63) is 47.4 Å². The fourth-order valence-corrected chi connectivity index (χ4v) is 3.11. The van der Waals surface area contributed by atoms with Gasteiger partial charge in [-0.2, -0.15) is 0 Å². The number of amides is 1. The molecule has 0 spiro atoms. The first-order chi connectivity index (χ1) is 12.2. The van der Waals surface area contributed by atoms with Crippen molar-refractivity contribution in [2.45, 2.75) is 45.2 Å². The zero-order valence-electron chi connectivity index (χ0n) is 14.4. The van der Waals surface area contributed by atoms with Crippen LogP contribution in [0.2, 0.25) is 0 Å². The van der Waals surface area contributed by atoms with Crippen LogP contribution in [-0.2, 0) is 17.8 Å². The van der Waals surface area contributed by atoms with E-state index in [2.05, 4.69) is 20.4 Å². The SMILES string of the molecule is CCc1nnc(CNC(=O)C(c2ccc(F)cc2)N2CCCCC2)o1. The van der Waals surface area contributed by atoms with Gasteiger partial charge in [0, 0.05) is 6.42 Å². The van der Waals surface area contributed by atoms with Crippen molar-refractivity contribution in [2.75, 3.05) is 13.1 Å². The number of aryl methyl sites for hydroxylation is 1. The monoisotopic (exact) mass is 346 g/mol. The van der Waals surface area contributed by atoms with Gasteiger partial charge < -0.3 is 9.73 Å². The molecule has 1 aromatic heterocycles. The van der Waals surface area contributed by atoms with Crippen LogP contribution in [0.4, 0.5) is 4.39 Å². The number of carbonyl (C=O) groups is 1. The fourth-order valence-electron chi connectivity index (χ4n) is 3.11. The summed E-state index contributed by atoms with van der Waals surface area (Å²) in [7, 11) is 0. The Morgan fingerprint density at radius 3 is 2.52 bits per heavy atom. The van der Waals surface area contributed by atoms with Crippen LogP contribution in [0.5, 0.6) is 0 Å². The van der Waals surface area contributed by atoms with E-state index >= 15 is 0 Å². The zero-order chi connectivity index (χ0) is 17.6. The maximum absolute atomic E-state index is 13.3. The smallest absolute Gasteiger partial charge is 0.242 e. The Kier molecular flexibility index (Phi) is 5.75. The van der Waals surface area contributed by atoms with E-state index in [-0.39, 0.29) is 18.3 Å². The molecule has 1 fully saturated rings. The van der Waals surface area contributed by atoms with Crippen LogP contribution in [0, 0.1) is 5.82 Å². The highest BCUT2D eigenvalue weighted by Crippen LogP contribution is 2.25. The number of nitrogens with zero attached hydrogens (tertiary/aromatic N) is 3. The third-order valence-corrected chi connectivity index (χ3v) is 4.41. The lowest BCUT2D eigenvalue weighted by molar-refractivity contribution is -0.127. The van der Waals surface area contributed by atoms with Gasteiger partial charge in [0.15, 0.2) is 0 Å². The van der Waals surface area contributed by atoms with Crippen molar-refractivity contribution in [3.63, 3.8) is 0 Å². The van der Waals surface area contributed by atoms with E-state index in [9.17, 15) is 9.18 Å². The van der Waals surface area contributed by atoms with Crippen molar-refractivity contribution in [1.29, 1.82) is 0 Å². The standard InChI is InChI=1S/C18H23FN4O2/c1-2-15-21-22-16(25-15)12-20-18(24)17(23-10-4-3-5-11-23)13-6-8-14(19)9-7-13/h6-9,17H,2-5,10-12H2,1H3,(H,20,24). The Bertz CT molecular complexity index is 695. The van der Waals surface area contributed by atoms with E-state index in [1.807, 2.05) is 6.92 Å². The van der Waals surface area contributed by atoms with Gasteiger partial charge >= 0.3 is 0 Å². The average Bonchev–Trinajstić information content (AvgIpc) is 3.11. The van der Waals surface area contributed by atoms with Crippen molar-refractivity contribution in [2.24, 2.45) is 0 Å². The second-order valence-electron chi connectivity index (χ2n) is 6.21. The van der Waals surface area contributed by atoms with Crippen molar-refractivity contribution < 1.29 is 13.6 Å². The molecule has 0 bridgehead atoms. The Morgan fingerprint density at radius 2 is 1.88 bits per heavy atom. The number of aromatic nitrogens is 2. The molecule has 1 aliphatic rings. The molecule has 7 heteroatoms. The molecule has 6 nitrogen and oxygen atoms in total. The molecule has 2 heterocycles. The van der Waals surface area contributed by atoms with Gasteiger partial charge in [-0.15, -0.1) is 10.2 Å². The molecule has 1 aromatic carbocycles. The molecule has 1 saturated heterocycles. The van der Waals surface area contributed by atoms with Gasteiger partial charge in [-0.25, -0.2) is 4.39 Å². The van der Waals surface area contributed by atoms with E-state index in [1.165, 1.54) is 18.6 Å². The molecule has 3 rings (SSSR count). The lowest BCUT2D eigenvalue weighted by Crippen LogP contribution is -2.42. The number of rotatable bonds is 6. The van der Waals surface area contributed by atoms with Crippen LogP contribution in [0.25, 0.3) is 0 Å². The number of piperidine rings is 1. The number of carbonyl (C=O) groups excluding carboxylic acids is 1. The summed E-state index contributed by atoms with van der Waals surface area (Å²) in [6.07, 6.45) is 3.96. The first-order valence-corrected chi connectivity index (χ1v) is 8.76. The highest BCUT2D eigenvalue weighted by Gasteiger charge is 2.28. The maximum Gasteiger partial charge on any atom is 0.242 e. The molecule has 0 saturated carbocycles. The molecule has 1 amide bonds. The van der Waals surface area contributed by atoms with Crippen LogP contribution in [-0.4, -0.2) is 34.1 Å². The summed E-state index contributed by atoms with van der Waals surface area (Å²) in [4.78, 5) is 15.0. The van der Waals surface area contributed by atoms with Crippen LogP contribution >= 0.6 is 0 Å². The molecule has 134 valence electrons. The highest BCUT2D eigenvalue weighted by molar-refractivity contribution is 5.83. The Balaban J connectivity index is 1.72. The van der Waals surface area contributed by atoms with Gasteiger partial charge in [0.2, 0.25) is 17.7 Å². The van der Waals surface area contributed by atoms with Crippen LogP contribution in [0.3, 0.4) is 0 Å².